The fourth-order valence-corrected chi connectivity index (χ4v) is 3.69. The Morgan fingerprint density at radius 2 is 1.90 bits per heavy atom. The molecular weight excluding hydrogens is 260 g/mol. The number of likely N-dealkylation sites (tertiary alicyclic amines) is 1. The lowest BCUT2D eigenvalue weighted by Crippen LogP contribution is -2.39. The van der Waals surface area contributed by atoms with Crippen LogP contribution in [0.5, 0.6) is 5.75 Å². The molecule has 4 rings (SSSR count). The molecule has 1 atom stereocenters. The van der Waals surface area contributed by atoms with Gasteiger partial charge >= 0.3 is 0 Å². The van der Waals surface area contributed by atoms with Crippen LogP contribution in [0.15, 0.2) is 24.3 Å². The van der Waals surface area contributed by atoms with Crippen molar-refractivity contribution in [3.8, 4) is 5.75 Å². The maximum atomic E-state index is 5.81. The van der Waals surface area contributed by atoms with E-state index < -0.39 is 0 Å². The van der Waals surface area contributed by atoms with Gasteiger partial charge in [-0.2, -0.15) is 0 Å². The summed E-state index contributed by atoms with van der Waals surface area (Å²) in [7, 11) is 0. The van der Waals surface area contributed by atoms with Crippen molar-refractivity contribution < 1.29 is 4.74 Å². The molecule has 0 aromatic heterocycles. The van der Waals surface area contributed by atoms with Gasteiger partial charge in [0.1, 0.15) is 5.75 Å². The molecule has 1 unspecified atom stereocenters. The fraction of sp³-hybridized carbons (Fsp3) is 0.667. The Balaban J connectivity index is 1.25. The van der Waals surface area contributed by atoms with E-state index >= 15 is 0 Å². The number of hydrogen-bond acceptors (Lipinski definition) is 3. The second-order valence-corrected chi connectivity index (χ2v) is 6.97. The summed E-state index contributed by atoms with van der Waals surface area (Å²) in [6.07, 6.45) is 5.52. The maximum Gasteiger partial charge on any atom is 0.122 e. The molecule has 2 aliphatic heterocycles. The van der Waals surface area contributed by atoms with Crippen LogP contribution in [0, 0.1) is 5.92 Å². The summed E-state index contributed by atoms with van der Waals surface area (Å²) in [6, 6.07) is 9.40. The average molecular weight is 286 g/mol. The molecule has 2 heterocycles. The highest BCUT2D eigenvalue weighted by atomic mass is 16.5. The standard InChI is InChI=1S/C18H26N2O/c1-2-4-18-17(3-1)15(13-21-18)12-20-9-7-14(8-10-20)11-19-16-5-6-16/h1-4,14-16,19H,5-13H2. The number of ether oxygens (including phenoxy) is 1. The zero-order valence-corrected chi connectivity index (χ0v) is 12.8. The van der Waals surface area contributed by atoms with E-state index in [1.165, 1.54) is 57.4 Å². The largest absolute Gasteiger partial charge is 0.493 e. The van der Waals surface area contributed by atoms with Crippen molar-refractivity contribution in [2.75, 3.05) is 32.8 Å². The van der Waals surface area contributed by atoms with Crippen molar-refractivity contribution >= 4 is 0 Å². The summed E-state index contributed by atoms with van der Waals surface area (Å²) in [5.74, 6) is 2.57. The van der Waals surface area contributed by atoms with Gasteiger partial charge in [-0.1, -0.05) is 18.2 Å². The van der Waals surface area contributed by atoms with Crippen LogP contribution in [0.25, 0.3) is 0 Å². The summed E-state index contributed by atoms with van der Waals surface area (Å²) in [6.45, 7) is 5.79. The van der Waals surface area contributed by atoms with E-state index in [1.807, 2.05) is 0 Å². The van der Waals surface area contributed by atoms with Crippen molar-refractivity contribution in [2.24, 2.45) is 5.92 Å². The van der Waals surface area contributed by atoms with E-state index in [4.69, 9.17) is 4.74 Å². The zero-order valence-electron chi connectivity index (χ0n) is 12.8. The number of benzene rings is 1. The Hall–Kier alpha value is -1.06. The molecular formula is C18H26N2O. The number of nitrogens with zero attached hydrogens (tertiary/aromatic N) is 1. The molecule has 0 amide bonds. The first-order valence-electron chi connectivity index (χ1n) is 8.56. The van der Waals surface area contributed by atoms with Crippen LogP contribution in [-0.4, -0.2) is 43.7 Å². The molecule has 3 heteroatoms. The summed E-state index contributed by atoms with van der Waals surface area (Å²) in [5.41, 5.74) is 1.41. The van der Waals surface area contributed by atoms with Gasteiger partial charge in [-0.3, -0.25) is 0 Å². The Kier molecular flexibility index (Phi) is 3.87. The maximum absolute atomic E-state index is 5.81. The molecule has 1 N–H and O–H groups in total. The third-order valence-corrected chi connectivity index (χ3v) is 5.26. The van der Waals surface area contributed by atoms with E-state index in [0.29, 0.717) is 5.92 Å². The second-order valence-electron chi connectivity index (χ2n) is 6.97. The van der Waals surface area contributed by atoms with Crippen LogP contribution in [0.2, 0.25) is 0 Å². The van der Waals surface area contributed by atoms with E-state index in [1.54, 1.807) is 0 Å². The Labute approximate surface area is 127 Å². The van der Waals surface area contributed by atoms with Gasteiger partial charge in [-0.25, -0.2) is 0 Å². The lowest BCUT2D eigenvalue weighted by molar-refractivity contribution is 0.165. The third kappa shape index (κ3) is 3.24. The monoisotopic (exact) mass is 286 g/mol. The highest BCUT2D eigenvalue weighted by Crippen LogP contribution is 2.34. The lowest BCUT2D eigenvalue weighted by Gasteiger charge is -2.33. The van der Waals surface area contributed by atoms with Crippen molar-refractivity contribution in [3.63, 3.8) is 0 Å². The quantitative estimate of drug-likeness (QED) is 0.900. The number of hydrogen-bond donors (Lipinski definition) is 1. The Bertz CT molecular complexity index is 478. The van der Waals surface area contributed by atoms with E-state index in [9.17, 15) is 0 Å². The van der Waals surface area contributed by atoms with Crippen molar-refractivity contribution in [1.82, 2.24) is 10.2 Å². The third-order valence-electron chi connectivity index (χ3n) is 5.26. The lowest BCUT2D eigenvalue weighted by atomic mass is 9.94. The topological polar surface area (TPSA) is 24.5 Å². The minimum atomic E-state index is 0.572. The van der Waals surface area contributed by atoms with Gasteiger partial charge in [0.2, 0.25) is 0 Å². The molecule has 3 aliphatic rings. The molecule has 1 saturated heterocycles. The molecule has 1 saturated carbocycles. The van der Waals surface area contributed by atoms with Gasteiger partial charge in [0.15, 0.2) is 0 Å². The van der Waals surface area contributed by atoms with E-state index in [0.717, 1.165) is 24.3 Å². The summed E-state index contributed by atoms with van der Waals surface area (Å²) in [4.78, 5) is 2.64. The van der Waals surface area contributed by atoms with Crippen LogP contribution in [-0.2, 0) is 0 Å². The van der Waals surface area contributed by atoms with Gasteiger partial charge in [-0.05, 0) is 57.3 Å². The number of fused-ring (bicyclic) bond motifs is 1. The SMILES string of the molecule is c1ccc2c(c1)OCC2CN1CCC(CNC2CC2)CC1. The van der Waals surface area contributed by atoms with E-state index in [2.05, 4.69) is 34.5 Å². The highest BCUT2D eigenvalue weighted by Gasteiger charge is 2.28. The summed E-state index contributed by atoms with van der Waals surface area (Å²) >= 11 is 0. The van der Waals surface area contributed by atoms with Crippen LogP contribution >= 0.6 is 0 Å². The van der Waals surface area contributed by atoms with Gasteiger partial charge in [0.05, 0.1) is 6.61 Å². The van der Waals surface area contributed by atoms with Gasteiger partial charge in [0, 0.05) is 24.1 Å². The fourth-order valence-electron chi connectivity index (χ4n) is 3.69. The molecule has 1 aromatic carbocycles. The first-order valence-corrected chi connectivity index (χ1v) is 8.56. The van der Waals surface area contributed by atoms with Crippen LogP contribution in [0.3, 0.4) is 0 Å². The smallest absolute Gasteiger partial charge is 0.122 e. The van der Waals surface area contributed by atoms with Crippen LogP contribution in [0.4, 0.5) is 0 Å². The molecule has 21 heavy (non-hydrogen) atoms. The predicted octanol–water partition coefficient (Wildman–Crippen LogP) is 2.63. The number of piperidine rings is 1. The highest BCUT2D eigenvalue weighted by molar-refractivity contribution is 5.39. The van der Waals surface area contributed by atoms with Crippen molar-refractivity contribution in [1.29, 1.82) is 0 Å². The minimum absolute atomic E-state index is 0.572. The van der Waals surface area contributed by atoms with Crippen LogP contribution < -0.4 is 10.1 Å². The number of rotatable bonds is 5. The molecule has 2 fully saturated rings. The molecule has 1 aliphatic carbocycles. The molecule has 114 valence electrons. The number of para-hydroxylation sites is 1. The van der Waals surface area contributed by atoms with Crippen LogP contribution in [0.1, 0.15) is 37.2 Å². The van der Waals surface area contributed by atoms with Gasteiger partial charge in [-0.15, -0.1) is 0 Å². The Morgan fingerprint density at radius 1 is 1.10 bits per heavy atom. The molecule has 0 bridgehead atoms. The van der Waals surface area contributed by atoms with Crippen molar-refractivity contribution in [2.45, 2.75) is 37.6 Å². The molecule has 0 radical (unpaired) electrons. The summed E-state index contributed by atoms with van der Waals surface area (Å²) in [5, 5.41) is 3.69. The molecule has 3 nitrogen and oxygen atoms in total. The average Bonchev–Trinajstić information content (AvgIpc) is 3.28. The zero-order chi connectivity index (χ0) is 14.1. The Morgan fingerprint density at radius 3 is 2.71 bits per heavy atom. The van der Waals surface area contributed by atoms with E-state index in [-0.39, 0.29) is 0 Å². The van der Waals surface area contributed by atoms with Crippen molar-refractivity contribution in [3.05, 3.63) is 29.8 Å². The van der Waals surface area contributed by atoms with Gasteiger partial charge < -0.3 is 15.0 Å². The summed E-state index contributed by atoms with van der Waals surface area (Å²) < 4.78 is 5.81. The predicted molar refractivity (Wildman–Crippen MR) is 84.9 cm³/mol. The first kappa shape index (κ1) is 13.6. The second kappa shape index (κ2) is 5.98. The van der Waals surface area contributed by atoms with Gasteiger partial charge in [0.25, 0.3) is 0 Å². The molecule has 1 aromatic rings. The molecule has 0 spiro atoms. The number of nitrogens with one attached hydrogen (secondary N) is 1. The first-order chi connectivity index (χ1) is 10.4. The normalized spacial score (nSPS) is 26.6. The minimum Gasteiger partial charge on any atom is -0.493 e.